The molecule has 0 aliphatic heterocycles. The first kappa shape index (κ1) is 23.6. The summed E-state index contributed by atoms with van der Waals surface area (Å²) in [5, 5.41) is 20.2. The van der Waals surface area contributed by atoms with Crippen LogP contribution in [0, 0.1) is 48.3 Å². The molecular formula is C20H37N3O6. The summed E-state index contributed by atoms with van der Waals surface area (Å²) >= 11 is 0. The Balaban J connectivity index is 2.46. The normalized spacial score (nSPS) is 36.1. The van der Waals surface area contributed by atoms with Crippen molar-refractivity contribution in [1.29, 1.82) is 0 Å². The second-order valence-corrected chi connectivity index (χ2v) is 10.0. The Labute approximate surface area is 172 Å². The lowest BCUT2D eigenvalue weighted by atomic mass is 9.42. The highest BCUT2D eigenvalue weighted by atomic mass is 17.0. The van der Waals surface area contributed by atoms with Crippen LogP contribution in [0.5, 0.6) is 0 Å². The molecule has 2 aliphatic rings. The summed E-state index contributed by atoms with van der Waals surface area (Å²) in [4.78, 5) is 31.5. The predicted octanol–water partition coefficient (Wildman–Crippen LogP) is 4.15. The number of fused-ring (bicyclic) bond motifs is 2. The molecule has 0 aromatic rings. The van der Waals surface area contributed by atoms with E-state index in [0.717, 1.165) is 44.9 Å². The fourth-order valence-corrected chi connectivity index (χ4v) is 7.37. The molecule has 6 unspecified atom stereocenters. The van der Waals surface area contributed by atoms with Crippen molar-refractivity contribution in [2.24, 2.45) is 33.8 Å². The largest absolute Gasteiger partial charge is 0.330 e. The zero-order chi connectivity index (χ0) is 21.9. The van der Waals surface area contributed by atoms with Crippen LogP contribution in [-0.4, -0.2) is 29.4 Å². The molecule has 0 spiro atoms. The van der Waals surface area contributed by atoms with Crippen LogP contribution in [-0.2, 0) is 9.68 Å². The standard InChI is InChI=1S/C20H37N3O6/c1-5-16(17(29-23(26)27)11-28-22(24)25)20-10-15(3)9-19(6-2,14-20)12-18(4,13-20)7-8-21/h15-17H,5-14,21H2,1-4H3. The molecule has 0 aromatic carbocycles. The van der Waals surface area contributed by atoms with Gasteiger partial charge in [0.25, 0.3) is 10.2 Å². The molecule has 9 heteroatoms. The van der Waals surface area contributed by atoms with Crippen LogP contribution in [0.1, 0.15) is 79.1 Å². The lowest BCUT2D eigenvalue weighted by Crippen LogP contribution is -2.56. The Morgan fingerprint density at radius 1 is 1.14 bits per heavy atom. The Bertz CT molecular complexity index is 605. The van der Waals surface area contributed by atoms with Crippen molar-refractivity contribution in [2.45, 2.75) is 85.2 Å². The van der Waals surface area contributed by atoms with Gasteiger partial charge < -0.3 is 15.4 Å². The first-order chi connectivity index (χ1) is 13.5. The summed E-state index contributed by atoms with van der Waals surface area (Å²) in [6.07, 6.45) is 6.76. The molecule has 2 rings (SSSR count). The predicted molar refractivity (Wildman–Crippen MR) is 108 cm³/mol. The van der Waals surface area contributed by atoms with E-state index >= 15 is 0 Å². The van der Waals surface area contributed by atoms with E-state index in [-0.39, 0.29) is 22.2 Å². The van der Waals surface area contributed by atoms with Crippen LogP contribution >= 0.6 is 0 Å². The molecule has 2 saturated carbocycles. The second-order valence-electron chi connectivity index (χ2n) is 10.0. The molecule has 0 amide bonds. The highest BCUT2D eigenvalue weighted by Crippen LogP contribution is 2.67. The number of hydrogen-bond acceptors (Lipinski definition) is 7. The van der Waals surface area contributed by atoms with Gasteiger partial charge in [0, 0.05) is 0 Å². The fraction of sp³-hybridized carbons (Fsp3) is 1.00. The van der Waals surface area contributed by atoms with Crippen LogP contribution in [0.2, 0.25) is 0 Å². The number of rotatable bonds is 11. The molecule has 2 bridgehead atoms. The minimum absolute atomic E-state index is 0.0553. The monoisotopic (exact) mass is 415 g/mol. The second kappa shape index (κ2) is 9.02. The highest BCUT2D eigenvalue weighted by molar-refractivity contribution is 5.08. The average Bonchev–Trinajstić information content (AvgIpc) is 2.58. The first-order valence-corrected chi connectivity index (χ1v) is 10.8. The summed E-state index contributed by atoms with van der Waals surface area (Å²) in [7, 11) is 0. The molecule has 2 fully saturated rings. The van der Waals surface area contributed by atoms with Gasteiger partial charge in [-0.05, 0) is 73.2 Å². The molecule has 2 aliphatic carbocycles. The van der Waals surface area contributed by atoms with Gasteiger partial charge in [0.2, 0.25) is 0 Å². The molecule has 0 aromatic heterocycles. The lowest BCUT2D eigenvalue weighted by molar-refractivity contribution is -0.792. The van der Waals surface area contributed by atoms with Crippen molar-refractivity contribution in [3.63, 3.8) is 0 Å². The minimum Gasteiger partial charge on any atom is -0.330 e. The van der Waals surface area contributed by atoms with Crippen molar-refractivity contribution in [3.8, 4) is 0 Å². The Kier molecular flexibility index (Phi) is 7.35. The van der Waals surface area contributed by atoms with Crippen LogP contribution < -0.4 is 5.73 Å². The third kappa shape index (κ3) is 5.29. The number of nitrogens with two attached hydrogens (primary N) is 1. The summed E-state index contributed by atoms with van der Waals surface area (Å²) < 4.78 is 0. The van der Waals surface area contributed by atoms with Gasteiger partial charge in [-0.1, -0.05) is 40.5 Å². The topological polar surface area (TPSA) is 131 Å². The summed E-state index contributed by atoms with van der Waals surface area (Å²) in [5.41, 5.74) is 6.01. The van der Waals surface area contributed by atoms with Crippen LogP contribution in [0.3, 0.4) is 0 Å². The number of nitrogens with zero attached hydrogens (tertiary/aromatic N) is 2. The van der Waals surface area contributed by atoms with Crippen molar-refractivity contribution in [3.05, 3.63) is 20.2 Å². The molecular weight excluding hydrogens is 378 g/mol. The van der Waals surface area contributed by atoms with Gasteiger partial charge in [0.05, 0.1) is 0 Å². The van der Waals surface area contributed by atoms with Crippen LogP contribution in [0.25, 0.3) is 0 Å². The molecule has 0 radical (unpaired) electrons. The molecule has 0 heterocycles. The van der Waals surface area contributed by atoms with Gasteiger partial charge in [0.1, 0.15) is 12.7 Å². The molecule has 6 atom stereocenters. The van der Waals surface area contributed by atoms with Crippen LogP contribution in [0.15, 0.2) is 0 Å². The highest BCUT2D eigenvalue weighted by Gasteiger charge is 2.59. The van der Waals surface area contributed by atoms with Crippen molar-refractivity contribution in [2.75, 3.05) is 13.2 Å². The van der Waals surface area contributed by atoms with E-state index in [1.807, 2.05) is 6.92 Å². The Morgan fingerprint density at radius 2 is 1.83 bits per heavy atom. The smallest absolute Gasteiger partial charge is 0.294 e. The van der Waals surface area contributed by atoms with Gasteiger partial charge in [-0.15, -0.1) is 20.2 Å². The Morgan fingerprint density at radius 3 is 2.34 bits per heavy atom. The SMILES string of the molecule is CCC(C(CO[N+](=O)[O-])O[N+](=O)[O-])C12CC(C)CC(CC)(CC(C)(CCN)C1)C2. The summed E-state index contributed by atoms with van der Waals surface area (Å²) in [6, 6.07) is 0. The molecule has 2 N–H and O–H groups in total. The maximum absolute atomic E-state index is 11.2. The molecule has 168 valence electrons. The lowest BCUT2D eigenvalue weighted by Gasteiger charge is -2.63. The quantitative estimate of drug-likeness (QED) is 0.396. The van der Waals surface area contributed by atoms with E-state index in [2.05, 4.69) is 25.6 Å². The first-order valence-electron chi connectivity index (χ1n) is 10.8. The van der Waals surface area contributed by atoms with Crippen molar-refractivity contribution < 1.29 is 19.8 Å². The van der Waals surface area contributed by atoms with Gasteiger partial charge >= 0.3 is 0 Å². The third-order valence-electron chi connectivity index (χ3n) is 7.58. The summed E-state index contributed by atoms with van der Waals surface area (Å²) in [6.45, 7) is 8.96. The van der Waals surface area contributed by atoms with Gasteiger partial charge in [-0.3, -0.25) is 0 Å². The minimum atomic E-state index is -0.958. The maximum atomic E-state index is 11.2. The van der Waals surface area contributed by atoms with E-state index < -0.39 is 22.9 Å². The van der Waals surface area contributed by atoms with Gasteiger partial charge in [-0.2, -0.15) is 0 Å². The number of hydrogen-bond donors (Lipinski definition) is 1. The van der Waals surface area contributed by atoms with E-state index in [9.17, 15) is 20.2 Å². The van der Waals surface area contributed by atoms with Gasteiger partial charge in [-0.25, -0.2) is 0 Å². The zero-order valence-electron chi connectivity index (χ0n) is 18.2. The van der Waals surface area contributed by atoms with Crippen molar-refractivity contribution >= 4 is 0 Å². The summed E-state index contributed by atoms with van der Waals surface area (Å²) in [5.74, 6) is 0.298. The average molecular weight is 416 g/mol. The van der Waals surface area contributed by atoms with Crippen LogP contribution in [0.4, 0.5) is 0 Å². The van der Waals surface area contributed by atoms with Crippen molar-refractivity contribution in [1.82, 2.24) is 0 Å². The molecule has 0 saturated heterocycles. The fourth-order valence-electron chi connectivity index (χ4n) is 7.37. The van der Waals surface area contributed by atoms with E-state index in [0.29, 0.717) is 18.9 Å². The maximum Gasteiger partial charge on any atom is 0.294 e. The molecule has 9 nitrogen and oxygen atoms in total. The van der Waals surface area contributed by atoms with Gasteiger partial charge in [0.15, 0.2) is 0 Å². The third-order valence-corrected chi connectivity index (χ3v) is 7.58. The van der Waals surface area contributed by atoms with E-state index in [1.54, 1.807) is 0 Å². The Hall–Kier alpha value is -1.64. The van der Waals surface area contributed by atoms with E-state index in [4.69, 9.17) is 10.6 Å². The molecule has 29 heavy (non-hydrogen) atoms. The zero-order valence-corrected chi connectivity index (χ0v) is 18.2. The van der Waals surface area contributed by atoms with E-state index in [1.165, 1.54) is 0 Å².